The predicted octanol–water partition coefficient (Wildman–Crippen LogP) is 4.74. The second-order valence-electron chi connectivity index (χ2n) is 9.54. The normalized spacial score (nSPS) is 15.3. The Bertz CT molecular complexity index is 1240. The van der Waals surface area contributed by atoms with Gasteiger partial charge in [0.05, 0.1) is 15.6 Å². The first-order chi connectivity index (χ1) is 17.4. The van der Waals surface area contributed by atoms with Gasteiger partial charge >= 0.3 is 5.97 Å². The van der Waals surface area contributed by atoms with E-state index >= 15 is 0 Å². The van der Waals surface area contributed by atoms with E-state index < -0.39 is 33.2 Å². The SMILES string of the molecule is CS(=O)(=O)CCCCC1(C(=O)N[C@H](Cc2ccc(NC(=O)c3c(Cl)cccc3Cl)cc2)C(=O)O)CCC1. The molecule has 1 atom stereocenters. The van der Waals surface area contributed by atoms with Crippen LogP contribution in [-0.4, -0.2) is 49.4 Å². The van der Waals surface area contributed by atoms with Gasteiger partial charge in [-0.15, -0.1) is 0 Å². The lowest BCUT2D eigenvalue weighted by Crippen LogP contribution is -2.52. The number of carboxylic acid groups (broad SMARTS) is 1. The van der Waals surface area contributed by atoms with Gasteiger partial charge in [0.25, 0.3) is 5.91 Å². The van der Waals surface area contributed by atoms with E-state index in [4.69, 9.17) is 23.2 Å². The maximum Gasteiger partial charge on any atom is 0.326 e. The summed E-state index contributed by atoms with van der Waals surface area (Å²) in [4.78, 5) is 37.5. The number of halogens is 2. The van der Waals surface area contributed by atoms with Crippen LogP contribution >= 0.6 is 23.2 Å². The van der Waals surface area contributed by atoms with E-state index in [1.165, 1.54) is 6.26 Å². The first-order valence-electron chi connectivity index (χ1n) is 12.0. The lowest BCUT2D eigenvalue weighted by Gasteiger charge is -2.41. The van der Waals surface area contributed by atoms with Gasteiger partial charge < -0.3 is 15.7 Å². The number of hydrogen-bond acceptors (Lipinski definition) is 5. The van der Waals surface area contributed by atoms with Crippen molar-refractivity contribution in [3.05, 3.63) is 63.6 Å². The Kier molecular flexibility index (Phi) is 9.61. The highest BCUT2D eigenvalue weighted by molar-refractivity contribution is 7.90. The molecule has 0 heterocycles. The topological polar surface area (TPSA) is 130 Å². The number of hydrogen-bond donors (Lipinski definition) is 3. The molecule has 0 unspecified atom stereocenters. The van der Waals surface area contributed by atoms with Gasteiger partial charge in [0.1, 0.15) is 15.9 Å². The number of rotatable bonds is 12. The van der Waals surface area contributed by atoms with E-state index in [2.05, 4.69) is 10.6 Å². The zero-order valence-electron chi connectivity index (χ0n) is 20.4. The van der Waals surface area contributed by atoms with Crippen LogP contribution in [0.2, 0.25) is 10.0 Å². The molecule has 1 aliphatic rings. The van der Waals surface area contributed by atoms with Crippen molar-refractivity contribution in [3.8, 4) is 0 Å². The molecular formula is C26H30Cl2N2O6S. The molecule has 0 aromatic heterocycles. The molecule has 2 aromatic carbocycles. The molecule has 1 aliphatic carbocycles. The van der Waals surface area contributed by atoms with Crippen molar-refractivity contribution in [2.45, 2.75) is 51.0 Å². The Morgan fingerprint density at radius 2 is 1.65 bits per heavy atom. The summed E-state index contributed by atoms with van der Waals surface area (Å²) in [6, 6.07) is 10.3. The molecule has 0 bridgehead atoms. The van der Waals surface area contributed by atoms with Crippen molar-refractivity contribution in [2.75, 3.05) is 17.3 Å². The number of carboxylic acids is 1. The lowest BCUT2D eigenvalue weighted by molar-refractivity contribution is -0.146. The van der Waals surface area contributed by atoms with Gasteiger partial charge in [-0.3, -0.25) is 9.59 Å². The maximum atomic E-state index is 13.0. The fourth-order valence-electron chi connectivity index (χ4n) is 4.40. The molecule has 8 nitrogen and oxygen atoms in total. The highest BCUT2D eigenvalue weighted by Gasteiger charge is 2.44. The molecule has 3 rings (SSSR count). The van der Waals surface area contributed by atoms with Gasteiger partial charge in [0.15, 0.2) is 0 Å². The van der Waals surface area contributed by atoms with E-state index in [1.807, 2.05) is 0 Å². The first-order valence-corrected chi connectivity index (χ1v) is 14.8. The minimum Gasteiger partial charge on any atom is -0.480 e. The third-order valence-corrected chi connectivity index (χ3v) is 8.32. The molecule has 200 valence electrons. The van der Waals surface area contributed by atoms with Gasteiger partial charge in [-0.2, -0.15) is 0 Å². The van der Waals surface area contributed by atoms with Crippen LogP contribution in [0.4, 0.5) is 5.69 Å². The minimum absolute atomic E-state index is 0.0653. The molecule has 1 saturated carbocycles. The number of nitrogens with one attached hydrogen (secondary N) is 2. The molecule has 0 radical (unpaired) electrons. The van der Waals surface area contributed by atoms with Crippen LogP contribution in [0.15, 0.2) is 42.5 Å². The van der Waals surface area contributed by atoms with Gasteiger partial charge in [0, 0.05) is 29.5 Å². The second kappa shape index (κ2) is 12.3. The summed E-state index contributed by atoms with van der Waals surface area (Å²) in [5.74, 6) is -1.84. The molecule has 2 aromatic rings. The molecule has 37 heavy (non-hydrogen) atoms. The number of benzene rings is 2. The van der Waals surface area contributed by atoms with E-state index in [0.29, 0.717) is 43.4 Å². The summed E-state index contributed by atoms with van der Waals surface area (Å²) in [7, 11) is -3.06. The van der Waals surface area contributed by atoms with Crippen LogP contribution in [-0.2, 0) is 25.8 Å². The lowest BCUT2D eigenvalue weighted by atomic mass is 9.65. The largest absolute Gasteiger partial charge is 0.480 e. The van der Waals surface area contributed by atoms with Crippen molar-refractivity contribution < 1.29 is 27.9 Å². The molecule has 3 N–H and O–H groups in total. The van der Waals surface area contributed by atoms with E-state index in [1.54, 1.807) is 42.5 Å². The van der Waals surface area contributed by atoms with Crippen molar-refractivity contribution in [3.63, 3.8) is 0 Å². The maximum absolute atomic E-state index is 13.0. The molecule has 0 aliphatic heterocycles. The van der Waals surface area contributed by atoms with E-state index in [-0.39, 0.29) is 33.7 Å². The van der Waals surface area contributed by atoms with E-state index in [9.17, 15) is 27.9 Å². The van der Waals surface area contributed by atoms with Crippen LogP contribution in [0, 0.1) is 5.41 Å². The highest BCUT2D eigenvalue weighted by atomic mass is 35.5. The van der Waals surface area contributed by atoms with Crippen LogP contribution in [0.5, 0.6) is 0 Å². The average Bonchev–Trinajstić information content (AvgIpc) is 2.77. The highest BCUT2D eigenvalue weighted by Crippen LogP contribution is 2.45. The van der Waals surface area contributed by atoms with Crippen molar-refractivity contribution in [1.82, 2.24) is 5.32 Å². The summed E-state index contributed by atoms with van der Waals surface area (Å²) in [5, 5.41) is 15.6. The Hall–Kier alpha value is -2.62. The molecule has 0 saturated heterocycles. The summed E-state index contributed by atoms with van der Waals surface area (Å²) in [6.45, 7) is 0. The smallest absolute Gasteiger partial charge is 0.326 e. The Morgan fingerprint density at radius 1 is 1.03 bits per heavy atom. The van der Waals surface area contributed by atoms with Gasteiger partial charge in [-0.05, 0) is 55.5 Å². The van der Waals surface area contributed by atoms with Crippen molar-refractivity contribution in [1.29, 1.82) is 0 Å². The molecule has 1 fully saturated rings. The quantitative estimate of drug-likeness (QED) is 0.317. The van der Waals surface area contributed by atoms with Gasteiger partial charge in [-0.25, -0.2) is 13.2 Å². The Balaban J connectivity index is 1.60. The monoisotopic (exact) mass is 568 g/mol. The van der Waals surface area contributed by atoms with Crippen molar-refractivity contribution in [2.24, 2.45) is 5.41 Å². The van der Waals surface area contributed by atoms with E-state index in [0.717, 1.165) is 6.42 Å². The zero-order chi connectivity index (χ0) is 27.2. The summed E-state index contributed by atoms with van der Waals surface area (Å²) < 4.78 is 22.7. The third-order valence-electron chi connectivity index (χ3n) is 6.66. The number of carbonyl (C=O) groups excluding carboxylic acids is 2. The third kappa shape index (κ3) is 7.93. The van der Waals surface area contributed by atoms with Crippen LogP contribution in [0.25, 0.3) is 0 Å². The van der Waals surface area contributed by atoms with Crippen LogP contribution in [0.1, 0.15) is 54.4 Å². The number of unbranched alkanes of at least 4 members (excludes halogenated alkanes) is 1. The minimum atomic E-state index is -3.06. The molecular weight excluding hydrogens is 539 g/mol. The zero-order valence-corrected chi connectivity index (χ0v) is 22.8. The second-order valence-corrected chi connectivity index (χ2v) is 12.6. The standard InChI is InChI=1S/C26H30Cl2N2O6S/c1-37(35,36)15-3-2-12-26(13-5-14-26)25(34)30-21(24(32)33)16-17-8-10-18(11-9-17)29-23(31)22-19(27)6-4-7-20(22)28/h4,6-11,21H,2-3,5,12-16H2,1H3,(H,29,31)(H,30,34)(H,32,33)/t21-/m1/s1. The predicted molar refractivity (Wildman–Crippen MR) is 144 cm³/mol. The number of carbonyl (C=O) groups is 3. The number of amides is 2. The fourth-order valence-corrected chi connectivity index (χ4v) is 5.70. The van der Waals surface area contributed by atoms with Crippen LogP contribution in [0.3, 0.4) is 0 Å². The molecule has 0 spiro atoms. The van der Waals surface area contributed by atoms with Crippen LogP contribution < -0.4 is 10.6 Å². The number of anilines is 1. The fraction of sp³-hybridized carbons (Fsp3) is 0.423. The molecule has 2 amide bonds. The number of sulfone groups is 1. The Labute approximate surface area is 226 Å². The Morgan fingerprint density at radius 3 is 2.16 bits per heavy atom. The first kappa shape index (κ1) is 28.9. The van der Waals surface area contributed by atoms with Crippen molar-refractivity contribution >= 4 is 56.5 Å². The summed E-state index contributed by atoms with van der Waals surface area (Å²) in [5.41, 5.74) is 0.657. The molecule has 11 heteroatoms. The van der Waals surface area contributed by atoms with Gasteiger partial charge in [-0.1, -0.05) is 54.2 Å². The summed E-state index contributed by atoms with van der Waals surface area (Å²) in [6.07, 6.45) is 5.05. The summed E-state index contributed by atoms with van der Waals surface area (Å²) >= 11 is 12.2. The number of aliphatic carboxylic acids is 1. The average molecular weight is 570 g/mol. The van der Waals surface area contributed by atoms with Gasteiger partial charge in [0.2, 0.25) is 5.91 Å².